The van der Waals surface area contributed by atoms with Crippen molar-refractivity contribution in [3.8, 4) is 0 Å². The van der Waals surface area contributed by atoms with Gasteiger partial charge in [0, 0.05) is 25.7 Å². The van der Waals surface area contributed by atoms with Crippen molar-refractivity contribution in [2.75, 3.05) is 20.1 Å². The molecule has 0 amide bonds. The number of hydrogen-bond donors (Lipinski definition) is 2. The lowest BCUT2D eigenvalue weighted by Gasteiger charge is -2.38. The highest BCUT2D eigenvalue weighted by Crippen LogP contribution is 2.18. The van der Waals surface area contributed by atoms with Gasteiger partial charge < -0.3 is 15.1 Å². The van der Waals surface area contributed by atoms with Crippen LogP contribution in [0, 0.1) is 13.8 Å². The van der Waals surface area contributed by atoms with Crippen LogP contribution >= 0.6 is 0 Å². The predicted molar refractivity (Wildman–Crippen MR) is 93.7 cm³/mol. The predicted octanol–water partition coefficient (Wildman–Crippen LogP) is 2.22. The van der Waals surface area contributed by atoms with Crippen molar-refractivity contribution in [2.24, 2.45) is 4.99 Å². The summed E-state index contributed by atoms with van der Waals surface area (Å²) in [5.41, 5.74) is 0.942. The van der Waals surface area contributed by atoms with Crippen LogP contribution in [0.5, 0.6) is 0 Å². The van der Waals surface area contributed by atoms with Crippen LogP contribution in [-0.2, 0) is 6.54 Å². The van der Waals surface area contributed by atoms with Crippen LogP contribution in [0.2, 0.25) is 0 Å². The molecule has 1 aromatic rings. The van der Waals surface area contributed by atoms with Crippen LogP contribution in [0.15, 0.2) is 9.41 Å². The Kier molecular flexibility index (Phi) is 6.45. The topological polar surface area (TPSA) is 65.7 Å². The van der Waals surface area contributed by atoms with Gasteiger partial charge in [-0.1, -0.05) is 6.42 Å². The smallest absolute Gasteiger partial charge is 0.214 e. The summed E-state index contributed by atoms with van der Waals surface area (Å²) in [6.07, 6.45) is 3.97. The lowest BCUT2D eigenvalue weighted by molar-refractivity contribution is 0.115. The van der Waals surface area contributed by atoms with Gasteiger partial charge in [0.25, 0.3) is 0 Å². The van der Waals surface area contributed by atoms with Crippen molar-refractivity contribution in [1.29, 1.82) is 0 Å². The summed E-state index contributed by atoms with van der Waals surface area (Å²) in [5.74, 6) is 2.35. The van der Waals surface area contributed by atoms with Crippen LogP contribution in [0.3, 0.4) is 0 Å². The van der Waals surface area contributed by atoms with E-state index in [4.69, 9.17) is 4.42 Å². The molecular weight excluding hydrogens is 290 g/mol. The molecule has 0 saturated carbocycles. The maximum atomic E-state index is 5.58. The minimum Gasteiger partial charge on any atom is -0.444 e. The molecule has 1 saturated heterocycles. The average Bonchev–Trinajstić information content (AvgIpc) is 2.86. The molecule has 0 aliphatic carbocycles. The molecule has 2 rings (SSSR count). The molecule has 0 radical (unpaired) electrons. The molecule has 1 fully saturated rings. The first-order valence-electron chi connectivity index (χ1n) is 8.64. The van der Waals surface area contributed by atoms with Crippen molar-refractivity contribution in [3.05, 3.63) is 17.3 Å². The van der Waals surface area contributed by atoms with Gasteiger partial charge in [0.2, 0.25) is 5.89 Å². The van der Waals surface area contributed by atoms with Crippen molar-refractivity contribution in [1.82, 2.24) is 20.5 Å². The molecule has 1 aliphatic heterocycles. The van der Waals surface area contributed by atoms with E-state index in [-0.39, 0.29) is 0 Å². The normalized spacial score (nSPS) is 21.3. The number of nitrogens with one attached hydrogen (secondary N) is 2. The molecule has 2 heterocycles. The van der Waals surface area contributed by atoms with Crippen LogP contribution in [0.4, 0.5) is 0 Å². The van der Waals surface area contributed by atoms with Crippen LogP contribution < -0.4 is 10.6 Å². The minimum atomic E-state index is 0.495. The zero-order valence-corrected chi connectivity index (χ0v) is 15.1. The highest BCUT2D eigenvalue weighted by atomic mass is 16.4. The van der Waals surface area contributed by atoms with Crippen LogP contribution in [-0.4, -0.2) is 48.1 Å². The van der Waals surface area contributed by atoms with Crippen molar-refractivity contribution >= 4 is 5.96 Å². The number of hydrogen-bond acceptors (Lipinski definition) is 4. The van der Waals surface area contributed by atoms with Crippen LogP contribution in [0.25, 0.3) is 0 Å². The summed E-state index contributed by atoms with van der Waals surface area (Å²) in [6.45, 7) is 11.1. The largest absolute Gasteiger partial charge is 0.444 e. The summed E-state index contributed by atoms with van der Waals surface area (Å²) in [4.78, 5) is 11.2. The monoisotopic (exact) mass is 321 g/mol. The van der Waals surface area contributed by atoms with Crippen LogP contribution in [0.1, 0.15) is 50.5 Å². The van der Waals surface area contributed by atoms with E-state index < -0.39 is 0 Å². The zero-order chi connectivity index (χ0) is 16.8. The number of aromatic nitrogens is 1. The van der Waals surface area contributed by atoms with E-state index in [1.54, 1.807) is 7.05 Å². The highest BCUT2D eigenvalue weighted by molar-refractivity contribution is 5.79. The Balaban J connectivity index is 1.78. The summed E-state index contributed by atoms with van der Waals surface area (Å²) in [6, 6.07) is 1.17. The number of nitrogens with zero attached hydrogens (tertiary/aromatic N) is 3. The first-order valence-corrected chi connectivity index (χ1v) is 8.64. The van der Waals surface area contributed by atoms with Gasteiger partial charge in [0.1, 0.15) is 5.76 Å². The molecule has 0 bridgehead atoms. The fourth-order valence-electron chi connectivity index (χ4n) is 3.13. The number of aryl methyl sites for hydroxylation is 2. The van der Waals surface area contributed by atoms with Gasteiger partial charge in [-0.25, -0.2) is 4.98 Å². The molecule has 6 nitrogen and oxygen atoms in total. The summed E-state index contributed by atoms with van der Waals surface area (Å²) in [7, 11) is 1.79. The van der Waals surface area contributed by atoms with Gasteiger partial charge in [-0.2, -0.15) is 0 Å². The highest BCUT2D eigenvalue weighted by Gasteiger charge is 2.23. The van der Waals surface area contributed by atoms with Gasteiger partial charge >= 0.3 is 0 Å². The SMILES string of the molecule is CN=C(NCc1nc(C)c(C)o1)NCC(C)N1CCCCC1C. The average molecular weight is 321 g/mol. The number of likely N-dealkylation sites (tertiary alicyclic amines) is 1. The molecule has 0 aromatic carbocycles. The first kappa shape index (κ1) is 17.8. The Labute approximate surface area is 139 Å². The van der Waals surface area contributed by atoms with Crippen molar-refractivity contribution in [2.45, 2.75) is 65.6 Å². The molecule has 2 atom stereocenters. The number of aliphatic imine (C=N–C) groups is 1. The fourth-order valence-corrected chi connectivity index (χ4v) is 3.13. The fraction of sp³-hybridized carbons (Fsp3) is 0.765. The Morgan fingerprint density at radius 1 is 1.39 bits per heavy atom. The zero-order valence-electron chi connectivity index (χ0n) is 15.1. The van der Waals surface area contributed by atoms with E-state index >= 15 is 0 Å². The molecule has 130 valence electrons. The lowest BCUT2D eigenvalue weighted by Crippen LogP contribution is -2.50. The number of guanidine groups is 1. The lowest BCUT2D eigenvalue weighted by atomic mass is 10.0. The molecule has 23 heavy (non-hydrogen) atoms. The number of oxazole rings is 1. The number of rotatable bonds is 5. The van der Waals surface area contributed by atoms with E-state index in [9.17, 15) is 0 Å². The van der Waals surface area contributed by atoms with Gasteiger partial charge in [0.15, 0.2) is 5.96 Å². The van der Waals surface area contributed by atoms with Crippen molar-refractivity contribution < 1.29 is 4.42 Å². The molecule has 1 aliphatic rings. The second kappa shape index (κ2) is 8.34. The Bertz CT molecular complexity index is 506. The van der Waals surface area contributed by atoms with E-state index in [2.05, 4.69) is 39.4 Å². The summed E-state index contributed by atoms with van der Waals surface area (Å²) in [5, 5.41) is 6.67. The van der Waals surface area contributed by atoms with E-state index in [0.717, 1.165) is 24.0 Å². The third-order valence-corrected chi connectivity index (χ3v) is 4.69. The van der Waals surface area contributed by atoms with Gasteiger partial charge in [-0.05, 0) is 47.1 Å². The molecule has 0 spiro atoms. The Morgan fingerprint density at radius 3 is 2.78 bits per heavy atom. The second-order valence-electron chi connectivity index (χ2n) is 6.49. The second-order valence-corrected chi connectivity index (χ2v) is 6.49. The maximum absolute atomic E-state index is 5.58. The quantitative estimate of drug-likeness (QED) is 0.643. The van der Waals surface area contributed by atoms with Gasteiger partial charge in [-0.3, -0.25) is 9.89 Å². The van der Waals surface area contributed by atoms with Crippen molar-refractivity contribution in [3.63, 3.8) is 0 Å². The molecule has 6 heteroatoms. The molecular formula is C17H31N5O. The van der Waals surface area contributed by atoms with E-state index in [1.807, 2.05) is 13.8 Å². The van der Waals surface area contributed by atoms with Gasteiger partial charge in [0.05, 0.1) is 12.2 Å². The molecule has 1 aromatic heterocycles. The molecule has 2 unspecified atom stereocenters. The van der Waals surface area contributed by atoms with E-state index in [1.165, 1.54) is 25.8 Å². The minimum absolute atomic E-state index is 0.495. The number of piperidine rings is 1. The Hall–Kier alpha value is -1.56. The van der Waals surface area contributed by atoms with Gasteiger partial charge in [-0.15, -0.1) is 0 Å². The standard InChI is InChI=1S/C17H31N5O/c1-12-8-6-7-9-22(12)13(2)10-19-17(18-5)20-11-16-21-14(3)15(4)23-16/h12-13H,6-11H2,1-5H3,(H2,18,19,20). The molecule has 2 N–H and O–H groups in total. The maximum Gasteiger partial charge on any atom is 0.214 e. The third-order valence-electron chi connectivity index (χ3n) is 4.69. The third kappa shape index (κ3) is 4.96. The van der Waals surface area contributed by atoms with E-state index in [0.29, 0.717) is 24.5 Å². The first-order chi connectivity index (χ1) is 11.0. The Morgan fingerprint density at radius 2 is 2.17 bits per heavy atom. The summed E-state index contributed by atoms with van der Waals surface area (Å²) < 4.78 is 5.58. The summed E-state index contributed by atoms with van der Waals surface area (Å²) >= 11 is 0.